The molecule has 0 saturated heterocycles. The van der Waals surface area contributed by atoms with E-state index < -0.39 is 7.60 Å². The van der Waals surface area contributed by atoms with E-state index in [0.717, 1.165) is 0 Å². The van der Waals surface area contributed by atoms with Crippen LogP contribution in [-0.2, 0) is 13.6 Å². The molecule has 0 saturated carbocycles. The summed E-state index contributed by atoms with van der Waals surface area (Å²) in [6.07, 6.45) is 0. The number of ether oxygens (including phenoxy) is 3. The third-order valence-corrected chi connectivity index (χ3v) is 6.89. The quantitative estimate of drug-likeness (QED) is 0.325. The van der Waals surface area contributed by atoms with Gasteiger partial charge in [0.25, 0.3) is 0 Å². The second-order valence-electron chi connectivity index (χ2n) is 6.74. The molecule has 0 unspecified atom stereocenters. The third-order valence-electron chi connectivity index (χ3n) is 4.82. The Kier molecular flexibility index (Phi) is 7.92. The first-order valence-electron chi connectivity index (χ1n) is 10.3. The molecule has 3 aromatic rings. The zero-order valence-corrected chi connectivity index (χ0v) is 20.1. The van der Waals surface area contributed by atoms with E-state index >= 15 is 0 Å². The smallest absolute Gasteiger partial charge is 0.379 e. The SMILES string of the molecule is CCOP(=O)(OCC)c1[nH]nc(C(=O)c2ccccc2)c1-c1cc(OC)c(OC)c(OC)c1. The molecule has 3 rings (SSSR count). The molecule has 1 N–H and O–H groups in total. The van der Waals surface area contributed by atoms with E-state index in [4.69, 9.17) is 23.3 Å². The summed E-state index contributed by atoms with van der Waals surface area (Å²) in [7, 11) is 0.627. The van der Waals surface area contributed by atoms with Crippen molar-refractivity contribution < 1.29 is 32.6 Å². The van der Waals surface area contributed by atoms with E-state index in [0.29, 0.717) is 28.4 Å². The molecule has 0 spiro atoms. The topological polar surface area (TPSA) is 109 Å². The second-order valence-corrected chi connectivity index (χ2v) is 8.70. The molecule has 10 heteroatoms. The Labute approximate surface area is 192 Å². The minimum atomic E-state index is -3.83. The van der Waals surface area contributed by atoms with E-state index in [1.165, 1.54) is 21.3 Å². The molecule has 0 bridgehead atoms. The highest BCUT2D eigenvalue weighted by molar-refractivity contribution is 7.62. The van der Waals surface area contributed by atoms with Gasteiger partial charge in [-0.2, -0.15) is 5.10 Å². The number of ketones is 1. The van der Waals surface area contributed by atoms with E-state index in [1.807, 2.05) is 6.07 Å². The Morgan fingerprint density at radius 2 is 1.52 bits per heavy atom. The van der Waals surface area contributed by atoms with Crippen molar-refractivity contribution in [2.45, 2.75) is 13.8 Å². The number of aromatic amines is 1. The number of hydrogen-bond acceptors (Lipinski definition) is 8. The van der Waals surface area contributed by atoms with Crippen LogP contribution in [0.2, 0.25) is 0 Å². The summed E-state index contributed by atoms with van der Waals surface area (Å²) in [4.78, 5) is 13.4. The van der Waals surface area contributed by atoms with Gasteiger partial charge in [0, 0.05) is 11.1 Å². The van der Waals surface area contributed by atoms with Crippen LogP contribution in [0.15, 0.2) is 42.5 Å². The van der Waals surface area contributed by atoms with Gasteiger partial charge in [-0.15, -0.1) is 0 Å². The fourth-order valence-corrected chi connectivity index (χ4v) is 5.12. The molecule has 0 radical (unpaired) electrons. The van der Waals surface area contributed by atoms with Crippen LogP contribution in [0.5, 0.6) is 17.2 Å². The Hall–Kier alpha value is -3.13. The van der Waals surface area contributed by atoms with E-state index in [-0.39, 0.29) is 35.7 Å². The average molecular weight is 474 g/mol. The van der Waals surface area contributed by atoms with Gasteiger partial charge in [-0.05, 0) is 31.5 Å². The van der Waals surface area contributed by atoms with E-state index in [2.05, 4.69) is 10.2 Å². The number of hydrogen-bond donors (Lipinski definition) is 1. The highest BCUT2D eigenvalue weighted by Crippen LogP contribution is 2.50. The third kappa shape index (κ3) is 4.80. The van der Waals surface area contributed by atoms with E-state index in [1.54, 1.807) is 50.2 Å². The van der Waals surface area contributed by atoms with Crippen molar-refractivity contribution in [3.8, 4) is 28.4 Å². The molecule has 1 heterocycles. The monoisotopic (exact) mass is 474 g/mol. The van der Waals surface area contributed by atoms with Gasteiger partial charge in [0.05, 0.1) is 34.5 Å². The summed E-state index contributed by atoms with van der Waals surface area (Å²) in [6.45, 7) is 3.67. The molecular formula is C23H27N2O7P. The lowest BCUT2D eigenvalue weighted by Crippen LogP contribution is -2.15. The maximum absolute atomic E-state index is 13.7. The van der Waals surface area contributed by atoms with E-state index in [9.17, 15) is 9.36 Å². The van der Waals surface area contributed by atoms with Gasteiger partial charge in [-0.1, -0.05) is 30.3 Å². The predicted molar refractivity (Wildman–Crippen MR) is 124 cm³/mol. The molecule has 0 amide bonds. The highest BCUT2D eigenvalue weighted by atomic mass is 31.2. The first kappa shape index (κ1) is 24.5. The molecular weight excluding hydrogens is 447 g/mol. The Balaban J connectivity index is 2.33. The zero-order chi connectivity index (χ0) is 24.0. The molecule has 2 aromatic carbocycles. The summed E-state index contributed by atoms with van der Waals surface area (Å²) in [5.74, 6) is 0.739. The van der Waals surface area contributed by atoms with Crippen molar-refractivity contribution in [3.63, 3.8) is 0 Å². The second kappa shape index (κ2) is 10.7. The van der Waals surface area contributed by atoms with Crippen LogP contribution in [0.3, 0.4) is 0 Å². The average Bonchev–Trinajstić information content (AvgIpc) is 3.29. The van der Waals surface area contributed by atoms with Crippen molar-refractivity contribution >= 4 is 18.8 Å². The number of aromatic nitrogens is 2. The van der Waals surface area contributed by atoms with Crippen LogP contribution in [0, 0.1) is 0 Å². The van der Waals surface area contributed by atoms with Gasteiger partial charge in [0.2, 0.25) is 11.5 Å². The number of methoxy groups -OCH3 is 3. The number of rotatable bonds is 11. The summed E-state index contributed by atoms with van der Waals surface area (Å²) in [6, 6.07) is 12.0. The van der Waals surface area contributed by atoms with Gasteiger partial charge >= 0.3 is 7.60 Å². The number of benzene rings is 2. The first-order chi connectivity index (χ1) is 15.9. The van der Waals surface area contributed by atoms with Crippen molar-refractivity contribution in [1.82, 2.24) is 10.2 Å². The number of carbonyl (C=O) groups is 1. The summed E-state index contributed by atoms with van der Waals surface area (Å²) < 4.78 is 41.1. The molecule has 0 aliphatic carbocycles. The molecule has 0 aliphatic heterocycles. The van der Waals surface area contributed by atoms with Crippen molar-refractivity contribution in [3.05, 3.63) is 53.7 Å². The maximum atomic E-state index is 13.7. The van der Waals surface area contributed by atoms with Gasteiger partial charge in [0.1, 0.15) is 5.69 Å². The summed E-state index contributed by atoms with van der Waals surface area (Å²) in [5, 5.41) is 6.97. The van der Waals surface area contributed by atoms with Crippen LogP contribution in [0.4, 0.5) is 0 Å². The van der Waals surface area contributed by atoms with Crippen molar-refractivity contribution in [2.75, 3.05) is 34.5 Å². The molecule has 33 heavy (non-hydrogen) atoms. The Bertz CT molecular complexity index is 1130. The van der Waals surface area contributed by atoms with Crippen LogP contribution >= 0.6 is 7.60 Å². The maximum Gasteiger partial charge on any atom is 0.379 e. The van der Waals surface area contributed by atoms with Gasteiger partial charge in [-0.3, -0.25) is 14.5 Å². The minimum absolute atomic E-state index is 0.0603. The fourth-order valence-electron chi connectivity index (χ4n) is 3.43. The molecule has 0 aliphatic rings. The summed E-state index contributed by atoms with van der Waals surface area (Å²) >= 11 is 0. The van der Waals surface area contributed by atoms with Crippen LogP contribution in [0.1, 0.15) is 29.9 Å². The molecule has 0 fully saturated rings. The molecule has 176 valence electrons. The first-order valence-corrected chi connectivity index (χ1v) is 11.9. The normalized spacial score (nSPS) is 11.3. The van der Waals surface area contributed by atoms with Gasteiger partial charge < -0.3 is 23.3 Å². The number of nitrogens with one attached hydrogen (secondary N) is 1. The Morgan fingerprint density at radius 3 is 2.00 bits per heavy atom. The lowest BCUT2D eigenvalue weighted by molar-refractivity contribution is 0.103. The molecule has 1 aromatic heterocycles. The minimum Gasteiger partial charge on any atom is -0.493 e. The highest BCUT2D eigenvalue weighted by Gasteiger charge is 2.36. The van der Waals surface area contributed by atoms with Crippen molar-refractivity contribution in [2.24, 2.45) is 0 Å². The fraction of sp³-hybridized carbons (Fsp3) is 0.304. The lowest BCUT2D eigenvalue weighted by atomic mass is 10.00. The summed E-state index contributed by atoms with van der Waals surface area (Å²) in [5.41, 5.74) is 1.29. The van der Waals surface area contributed by atoms with Crippen LogP contribution in [0.25, 0.3) is 11.1 Å². The zero-order valence-electron chi connectivity index (χ0n) is 19.2. The molecule has 9 nitrogen and oxygen atoms in total. The van der Waals surface area contributed by atoms with Crippen molar-refractivity contribution in [1.29, 1.82) is 0 Å². The number of H-pyrrole nitrogens is 1. The van der Waals surface area contributed by atoms with Crippen LogP contribution < -0.4 is 19.6 Å². The predicted octanol–water partition coefficient (Wildman–Crippen LogP) is 4.22. The van der Waals surface area contributed by atoms with Crippen LogP contribution in [-0.4, -0.2) is 50.5 Å². The lowest BCUT2D eigenvalue weighted by Gasteiger charge is -2.18. The van der Waals surface area contributed by atoms with Gasteiger partial charge in [-0.25, -0.2) is 0 Å². The Morgan fingerprint density at radius 1 is 0.939 bits per heavy atom. The standard InChI is InChI=1S/C23H27N2O7P/c1-6-31-33(27,32-7-2)23-19(16-13-17(28-3)22(30-5)18(14-16)29-4)20(24-25-23)21(26)15-11-9-8-10-12-15/h8-14H,6-7H2,1-5H3,(H,24,25). The number of nitrogens with zero attached hydrogens (tertiary/aromatic N) is 1. The number of carbonyl (C=O) groups excluding carboxylic acids is 1. The largest absolute Gasteiger partial charge is 0.493 e. The molecule has 0 atom stereocenters. The van der Waals surface area contributed by atoms with Gasteiger partial charge in [0.15, 0.2) is 16.9 Å².